The minimum Gasteiger partial charge on any atom is -0.378 e. The molecule has 0 bridgehead atoms. The third kappa shape index (κ3) is 2.97. The lowest BCUT2D eigenvalue weighted by molar-refractivity contribution is 0.0750. The molecule has 0 spiro atoms. The quantitative estimate of drug-likeness (QED) is 0.685. The number of aryl methyl sites for hydroxylation is 1. The van der Waals surface area contributed by atoms with Crippen LogP contribution >= 0.6 is 0 Å². The normalized spacial score (nSPS) is 16.5. The molecule has 5 rings (SSSR count). The molecule has 0 saturated carbocycles. The molecule has 0 N–H and O–H groups in total. The lowest BCUT2D eigenvalue weighted by Crippen LogP contribution is -2.37. The number of hydrogen-bond acceptors (Lipinski definition) is 6. The van der Waals surface area contributed by atoms with Crippen LogP contribution in [-0.2, 0) is 17.8 Å². The van der Waals surface area contributed by atoms with E-state index in [1.165, 1.54) is 0 Å². The van der Waals surface area contributed by atoms with Gasteiger partial charge in [0.15, 0.2) is 0 Å². The molecule has 2 aliphatic heterocycles. The minimum absolute atomic E-state index is 0.0103. The van der Waals surface area contributed by atoms with Crippen molar-refractivity contribution in [1.82, 2.24) is 19.9 Å². The summed E-state index contributed by atoms with van der Waals surface area (Å²) in [5.41, 5.74) is 4.65. The summed E-state index contributed by atoms with van der Waals surface area (Å²) >= 11 is 0. The molecule has 0 aliphatic carbocycles. The topological polar surface area (TPSA) is 71.5 Å². The number of fused-ring (bicyclic) bond motifs is 2. The molecular formula is C21H21N5O2. The highest BCUT2D eigenvalue weighted by Crippen LogP contribution is 2.26. The van der Waals surface area contributed by atoms with Crippen LogP contribution in [0.2, 0.25) is 0 Å². The van der Waals surface area contributed by atoms with Crippen LogP contribution in [0.4, 0.5) is 5.95 Å². The van der Waals surface area contributed by atoms with Crippen molar-refractivity contribution in [2.75, 3.05) is 31.2 Å². The Morgan fingerprint density at radius 2 is 1.96 bits per heavy atom. The number of anilines is 1. The second-order valence-electron chi connectivity index (χ2n) is 7.26. The van der Waals surface area contributed by atoms with E-state index in [1.807, 2.05) is 42.3 Å². The van der Waals surface area contributed by atoms with Crippen LogP contribution in [0.3, 0.4) is 0 Å². The van der Waals surface area contributed by atoms with Crippen molar-refractivity contribution in [2.24, 2.45) is 0 Å². The Hall–Kier alpha value is -3.06. The molecule has 3 aromatic rings. The van der Waals surface area contributed by atoms with Gasteiger partial charge in [0.1, 0.15) is 0 Å². The number of ether oxygens (including phenoxy) is 1. The number of carbonyl (C=O) groups is 1. The standard InChI is InChI=1S/C21H21N5O2/c1-14-4-5-22-18-3-2-15(10-17(14)18)20(27)26-12-16-11-23-21(24-19(16)13-26)25-6-8-28-9-7-25/h2-5,10-11H,6-9,12-13H2,1H3. The number of nitrogens with zero attached hydrogens (tertiary/aromatic N) is 5. The van der Waals surface area contributed by atoms with Gasteiger partial charge in [-0.1, -0.05) is 0 Å². The predicted octanol–water partition coefficient (Wildman–Crippen LogP) is 2.33. The average molecular weight is 375 g/mol. The molecule has 28 heavy (non-hydrogen) atoms. The number of amides is 1. The first kappa shape index (κ1) is 17.1. The monoisotopic (exact) mass is 375 g/mol. The van der Waals surface area contributed by atoms with Gasteiger partial charge >= 0.3 is 0 Å². The molecule has 142 valence electrons. The Morgan fingerprint density at radius 1 is 1.11 bits per heavy atom. The Morgan fingerprint density at radius 3 is 2.82 bits per heavy atom. The first-order valence-electron chi connectivity index (χ1n) is 9.51. The van der Waals surface area contributed by atoms with E-state index < -0.39 is 0 Å². The van der Waals surface area contributed by atoms with Crippen molar-refractivity contribution in [3.63, 3.8) is 0 Å². The molecule has 1 saturated heterocycles. The van der Waals surface area contributed by atoms with E-state index >= 15 is 0 Å². The lowest BCUT2D eigenvalue weighted by atomic mass is 10.1. The molecular weight excluding hydrogens is 354 g/mol. The van der Waals surface area contributed by atoms with Gasteiger partial charge in [-0.3, -0.25) is 9.78 Å². The Labute approximate surface area is 163 Å². The number of carbonyl (C=O) groups excluding carboxylic acids is 1. The Balaban J connectivity index is 1.38. The highest BCUT2D eigenvalue weighted by atomic mass is 16.5. The van der Waals surface area contributed by atoms with Crippen LogP contribution < -0.4 is 4.90 Å². The third-order valence-electron chi connectivity index (χ3n) is 5.43. The van der Waals surface area contributed by atoms with Gasteiger partial charge in [0.2, 0.25) is 5.95 Å². The second-order valence-corrected chi connectivity index (χ2v) is 7.26. The van der Waals surface area contributed by atoms with Gasteiger partial charge in [-0.25, -0.2) is 9.97 Å². The molecule has 2 aliphatic rings. The second kappa shape index (κ2) is 6.83. The lowest BCUT2D eigenvalue weighted by Gasteiger charge is -2.26. The van der Waals surface area contributed by atoms with Gasteiger partial charge in [-0.05, 0) is 36.8 Å². The van der Waals surface area contributed by atoms with Crippen molar-refractivity contribution < 1.29 is 9.53 Å². The molecule has 1 fully saturated rings. The van der Waals surface area contributed by atoms with Crippen LogP contribution in [-0.4, -0.2) is 52.1 Å². The Bertz CT molecular complexity index is 1060. The summed E-state index contributed by atoms with van der Waals surface area (Å²) in [7, 11) is 0. The molecule has 0 unspecified atom stereocenters. The summed E-state index contributed by atoms with van der Waals surface area (Å²) in [6, 6.07) is 7.67. The highest BCUT2D eigenvalue weighted by Gasteiger charge is 2.27. The summed E-state index contributed by atoms with van der Waals surface area (Å²) in [6.45, 7) is 6.08. The van der Waals surface area contributed by atoms with Crippen LogP contribution in [0.5, 0.6) is 0 Å². The zero-order chi connectivity index (χ0) is 19.1. The molecule has 0 radical (unpaired) electrons. The van der Waals surface area contributed by atoms with Crippen LogP contribution in [0.1, 0.15) is 27.2 Å². The van der Waals surface area contributed by atoms with E-state index in [0.717, 1.165) is 46.8 Å². The van der Waals surface area contributed by atoms with Crippen LogP contribution in [0.25, 0.3) is 10.9 Å². The number of hydrogen-bond donors (Lipinski definition) is 0. The molecule has 7 nitrogen and oxygen atoms in total. The first-order valence-corrected chi connectivity index (χ1v) is 9.51. The van der Waals surface area contributed by atoms with E-state index in [4.69, 9.17) is 9.72 Å². The fraction of sp³-hybridized carbons (Fsp3) is 0.333. The number of pyridine rings is 1. The summed E-state index contributed by atoms with van der Waals surface area (Å²) in [5, 5.41) is 1.01. The zero-order valence-corrected chi connectivity index (χ0v) is 15.8. The van der Waals surface area contributed by atoms with Gasteiger partial charge in [-0.15, -0.1) is 0 Å². The van der Waals surface area contributed by atoms with Gasteiger partial charge in [-0.2, -0.15) is 0 Å². The third-order valence-corrected chi connectivity index (χ3v) is 5.43. The summed E-state index contributed by atoms with van der Waals surface area (Å²) < 4.78 is 5.40. The first-order chi connectivity index (χ1) is 13.7. The fourth-order valence-corrected chi connectivity index (χ4v) is 3.80. The van der Waals surface area contributed by atoms with E-state index in [2.05, 4.69) is 14.9 Å². The van der Waals surface area contributed by atoms with Crippen LogP contribution in [0, 0.1) is 6.92 Å². The Kier molecular flexibility index (Phi) is 4.16. The minimum atomic E-state index is 0.0103. The van der Waals surface area contributed by atoms with Crippen molar-refractivity contribution in [3.8, 4) is 0 Å². The largest absolute Gasteiger partial charge is 0.378 e. The van der Waals surface area contributed by atoms with E-state index in [0.29, 0.717) is 31.9 Å². The zero-order valence-electron chi connectivity index (χ0n) is 15.8. The van der Waals surface area contributed by atoms with Gasteiger partial charge in [0, 0.05) is 48.5 Å². The molecule has 1 aromatic carbocycles. The van der Waals surface area contributed by atoms with E-state index in [-0.39, 0.29) is 5.91 Å². The maximum absolute atomic E-state index is 13.1. The summed E-state index contributed by atoms with van der Waals surface area (Å²) in [4.78, 5) is 30.6. The number of benzene rings is 1. The van der Waals surface area contributed by atoms with Gasteiger partial charge < -0.3 is 14.5 Å². The molecule has 7 heteroatoms. The molecule has 2 aromatic heterocycles. The van der Waals surface area contributed by atoms with Crippen molar-refractivity contribution in [2.45, 2.75) is 20.0 Å². The van der Waals surface area contributed by atoms with E-state index in [1.54, 1.807) is 6.20 Å². The summed E-state index contributed by atoms with van der Waals surface area (Å²) in [6.07, 6.45) is 3.65. The van der Waals surface area contributed by atoms with Crippen molar-refractivity contribution in [3.05, 3.63) is 59.0 Å². The average Bonchev–Trinajstić information content (AvgIpc) is 3.17. The maximum Gasteiger partial charge on any atom is 0.254 e. The fourth-order valence-electron chi connectivity index (χ4n) is 3.80. The molecule has 1 amide bonds. The number of morpholine rings is 1. The number of rotatable bonds is 2. The van der Waals surface area contributed by atoms with Crippen LogP contribution in [0.15, 0.2) is 36.7 Å². The van der Waals surface area contributed by atoms with E-state index in [9.17, 15) is 4.79 Å². The smallest absolute Gasteiger partial charge is 0.254 e. The molecule has 4 heterocycles. The summed E-state index contributed by atoms with van der Waals surface area (Å²) in [5.74, 6) is 0.736. The maximum atomic E-state index is 13.1. The molecule has 0 atom stereocenters. The highest BCUT2D eigenvalue weighted by molar-refractivity contribution is 5.98. The predicted molar refractivity (Wildman–Crippen MR) is 105 cm³/mol. The van der Waals surface area contributed by atoms with Crippen molar-refractivity contribution >= 4 is 22.8 Å². The van der Waals surface area contributed by atoms with Gasteiger partial charge in [0.05, 0.1) is 31.0 Å². The van der Waals surface area contributed by atoms with Gasteiger partial charge in [0.25, 0.3) is 5.91 Å². The van der Waals surface area contributed by atoms with Crippen molar-refractivity contribution in [1.29, 1.82) is 0 Å². The SMILES string of the molecule is Cc1ccnc2ccc(C(=O)N3Cc4cnc(N5CCOCC5)nc4C3)cc12. The number of aromatic nitrogens is 3.